The maximum absolute atomic E-state index is 12.7. The molecule has 2 aliphatic rings. The lowest BCUT2D eigenvalue weighted by molar-refractivity contribution is 0.217. The molecular weight excluding hydrogens is 356 g/mol. The smallest absolute Gasteiger partial charge is 0.315 e. The summed E-state index contributed by atoms with van der Waals surface area (Å²) in [5.74, 6) is 2.01. The van der Waals surface area contributed by atoms with Gasteiger partial charge in [0.15, 0.2) is 5.82 Å². The van der Waals surface area contributed by atoms with E-state index in [0.29, 0.717) is 17.6 Å². The quantitative estimate of drug-likeness (QED) is 0.675. The lowest BCUT2D eigenvalue weighted by atomic mass is 9.97. The molecule has 2 fully saturated rings. The molecule has 1 atom stereocenters. The van der Waals surface area contributed by atoms with E-state index >= 15 is 0 Å². The van der Waals surface area contributed by atoms with E-state index in [4.69, 9.17) is 4.52 Å². The van der Waals surface area contributed by atoms with E-state index < -0.39 is 5.54 Å². The van der Waals surface area contributed by atoms with E-state index in [9.17, 15) is 9.90 Å². The van der Waals surface area contributed by atoms with Crippen LogP contribution in [0.25, 0.3) is 0 Å². The van der Waals surface area contributed by atoms with Crippen LogP contribution in [0.1, 0.15) is 75.1 Å². The van der Waals surface area contributed by atoms with Crippen molar-refractivity contribution >= 4 is 6.03 Å². The van der Waals surface area contributed by atoms with Gasteiger partial charge in [-0.1, -0.05) is 30.1 Å². The Hall–Kier alpha value is -2.57. The maximum atomic E-state index is 12.7. The van der Waals surface area contributed by atoms with Crippen molar-refractivity contribution in [2.75, 3.05) is 0 Å². The highest BCUT2D eigenvalue weighted by Gasteiger charge is 2.42. The van der Waals surface area contributed by atoms with Crippen molar-refractivity contribution in [3.8, 4) is 5.75 Å². The van der Waals surface area contributed by atoms with Crippen LogP contribution in [-0.2, 0) is 12.0 Å². The lowest BCUT2D eigenvalue weighted by Gasteiger charge is -2.28. The van der Waals surface area contributed by atoms with E-state index in [0.717, 1.165) is 56.9 Å². The van der Waals surface area contributed by atoms with E-state index in [1.807, 2.05) is 19.1 Å². The third-order valence-electron chi connectivity index (χ3n) is 5.79. The molecule has 1 heterocycles. The van der Waals surface area contributed by atoms with Gasteiger partial charge in [-0.2, -0.15) is 4.98 Å². The summed E-state index contributed by atoms with van der Waals surface area (Å²) in [7, 11) is 0. The standard InChI is InChI=1S/C21H28N4O3/c1-14(4-5-15-6-10-17(26)11-7-15)22-20(27)24-21(12-2-3-13-21)19-23-18(28-25-19)16-8-9-16/h6-7,10-11,14,16,26H,2-5,8-9,12-13H2,1H3,(H2,22,24,27)/t14-/m0/s1. The monoisotopic (exact) mass is 384 g/mol. The summed E-state index contributed by atoms with van der Waals surface area (Å²) < 4.78 is 5.43. The first kappa shape index (κ1) is 18.8. The summed E-state index contributed by atoms with van der Waals surface area (Å²) in [6.45, 7) is 2.00. The molecule has 150 valence electrons. The van der Waals surface area contributed by atoms with Crippen molar-refractivity contribution in [1.29, 1.82) is 0 Å². The number of nitrogens with zero attached hydrogens (tertiary/aromatic N) is 2. The molecule has 4 rings (SSSR count). The average molecular weight is 384 g/mol. The SMILES string of the molecule is C[C@@H](CCc1ccc(O)cc1)NC(=O)NC1(c2noc(C3CC3)n2)CCCC1. The number of aromatic hydroxyl groups is 1. The minimum atomic E-state index is -0.516. The van der Waals surface area contributed by atoms with Gasteiger partial charge in [-0.05, 0) is 63.1 Å². The third kappa shape index (κ3) is 4.29. The van der Waals surface area contributed by atoms with Crippen LogP contribution in [0.3, 0.4) is 0 Å². The maximum Gasteiger partial charge on any atom is 0.315 e. The van der Waals surface area contributed by atoms with E-state index in [-0.39, 0.29) is 17.8 Å². The minimum Gasteiger partial charge on any atom is -0.508 e. The van der Waals surface area contributed by atoms with Gasteiger partial charge in [0.05, 0.1) is 0 Å². The van der Waals surface area contributed by atoms with Gasteiger partial charge >= 0.3 is 6.03 Å². The molecule has 0 spiro atoms. The fourth-order valence-electron chi connectivity index (χ4n) is 3.90. The second-order valence-corrected chi connectivity index (χ2v) is 8.22. The van der Waals surface area contributed by atoms with Crippen LogP contribution in [0.5, 0.6) is 5.75 Å². The Morgan fingerprint density at radius 1 is 1.29 bits per heavy atom. The topological polar surface area (TPSA) is 100 Å². The molecule has 7 heteroatoms. The number of urea groups is 1. The summed E-state index contributed by atoms with van der Waals surface area (Å²) in [5.41, 5.74) is 0.621. The van der Waals surface area contributed by atoms with Crippen LogP contribution in [0.15, 0.2) is 28.8 Å². The molecule has 2 aromatic rings. The van der Waals surface area contributed by atoms with Crippen LogP contribution in [0.2, 0.25) is 0 Å². The molecule has 0 aliphatic heterocycles. The summed E-state index contributed by atoms with van der Waals surface area (Å²) in [6, 6.07) is 7.03. The van der Waals surface area contributed by atoms with Gasteiger partial charge in [-0.15, -0.1) is 0 Å². The Morgan fingerprint density at radius 3 is 2.68 bits per heavy atom. The fraction of sp³-hybridized carbons (Fsp3) is 0.571. The number of amides is 2. The highest BCUT2D eigenvalue weighted by Crippen LogP contribution is 2.42. The Kier molecular flexibility index (Phi) is 5.24. The number of carbonyl (C=O) groups is 1. The summed E-state index contributed by atoms with van der Waals surface area (Å²) in [4.78, 5) is 17.3. The fourth-order valence-corrected chi connectivity index (χ4v) is 3.90. The molecule has 0 radical (unpaired) electrons. The number of hydrogen-bond acceptors (Lipinski definition) is 5. The molecule has 2 aliphatic carbocycles. The number of phenols is 1. The summed E-state index contributed by atoms with van der Waals surface area (Å²) >= 11 is 0. The second kappa shape index (κ2) is 7.81. The zero-order valence-corrected chi connectivity index (χ0v) is 16.3. The van der Waals surface area contributed by atoms with Gasteiger partial charge < -0.3 is 20.3 Å². The van der Waals surface area contributed by atoms with Gasteiger partial charge in [0, 0.05) is 12.0 Å². The first-order chi connectivity index (χ1) is 13.5. The Balaban J connectivity index is 1.33. The molecule has 28 heavy (non-hydrogen) atoms. The largest absolute Gasteiger partial charge is 0.508 e. The van der Waals surface area contributed by atoms with Crippen molar-refractivity contribution < 1.29 is 14.4 Å². The van der Waals surface area contributed by atoms with Crippen LogP contribution >= 0.6 is 0 Å². The molecule has 1 aromatic heterocycles. The normalized spacial score (nSPS) is 19.3. The molecule has 3 N–H and O–H groups in total. The molecule has 2 amide bonds. The van der Waals surface area contributed by atoms with Gasteiger partial charge in [0.1, 0.15) is 11.3 Å². The van der Waals surface area contributed by atoms with Gasteiger partial charge in [0.25, 0.3) is 0 Å². The summed E-state index contributed by atoms with van der Waals surface area (Å²) in [5, 5.41) is 19.7. The minimum absolute atomic E-state index is 0.0274. The molecule has 0 bridgehead atoms. The highest BCUT2D eigenvalue weighted by atomic mass is 16.5. The lowest BCUT2D eigenvalue weighted by Crippen LogP contribution is -2.51. The van der Waals surface area contributed by atoms with Crippen molar-refractivity contribution in [2.45, 2.75) is 75.8 Å². The van der Waals surface area contributed by atoms with Gasteiger partial charge in [-0.3, -0.25) is 0 Å². The predicted octanol–water partition coefficient (Wildman–Crippen LogP) is 3.74. The Morgan fingerprint density at radius 2 is 2.00 bits per heavy atom. The summed E-state index contributed by atoms with van der Waals surface area (Å²) in [6.07, 6.45) is 7.65. The highest BCUT2D eigenvalue weighted by molar-refractivity contribution is 5.75. The number of phenolic OH excluding ortho intramolecular Hbond substituents is 1. The molecule has 0 unspecified atom stereocenters. The van der Waals surface area contributed by atoms with Crippen LogP contribution in [0.4, 0.5) is 4.79 Å². The van der Waals surface area contributed by atoms with Gasteiger partial charge in [-0.25, -0.2) is 4.79 Å². The van der Waals surface area contributed by atoms with E-state index in [1.54, 1.807) is 12.1 Å². The van der Waals surface area contributed by atoms with E-state index in [2.05, 4.69) is 20.8 Å². The average Bonchev–Trinajstić information content (AvgIpc) is 3.20. The zero-order valence-electron chi connectivity index (χ0n) is 16.3. The first-order valence-electron chi connectivity index (χ1n) is 10.2. The molecule has 0 saturated heterocycles. The molecular formula is C21H28N4O3. The Labute approximate surface area is 164 Å². The number of aryl methyl sites for hydroxylation is 1. The number of hydrogen-bond donors (Lipinski definition) is 3. The van der Waals surface area contributed by atoms with Crippen molar-refractivity contribution in [1.82, 2.24) is 20.8 Å². The van der Waals surface area contributed by atoms with Crippen LogP contribution in [0, 0.1) is 0 Å². The Bertz CT molecular complexity index is 807. The number of carbonyl (C=O) groups excluding carboxylic acids is 1. The van der Waals surface area contributed by atoms with Crippen molar-refractivity contribution in [3.63, 3.8) is 0 Å². The zero-order chi connectivity index (χ0) is 19.6. The second-order valence-electron chi connectivity index (χ2n) is 8.22. The number of aromatic nitrogens is 2. The molecule has 7 nitrogen and oxygen atoms in total. The first-order valence-corrected chi connectivity index (χ1v) is 10.2. The van der Waals surface area contributed by atoms with Crippen LogP contribution in [-0.4, -0.2) is 27.3 Å². The predicted molar refractivity (Wildman–Crippen MR) is 104 cm³/mol. The number of rotatable bonds is 7. The van der Waals surface area contributed by atoms with Crippen molar-refractivity contribution in [3.05, 3.63) is 41.5 Å². The van der Waals surface area contributed by atoms with Crippen molar-refractivity contribution in [2.24, 2.45) is 0 Å². The molecule has 2 saturated carbocycles. The third-order valence-corrected chi connectivity index (χ3v) is 5.79. The van der Waals surface area contributed by atoms with Crippen LogP contribution < -0.4 is 10.6 Å². The number of nitrogens with one attached hydrogen (secondary N) is 2. The van der Waals surface area contributed by atoms with E-state index in [1.165, 1.54) is 0 Å². The number of benzene rings is 1. The molecule has 1 aromatic carbocycles. The van der Waals surface area contributed by atoms with Gasteiger partial charge in [0.2, 0.25) is 5.89 Å².